The van der Waals surface area contributed by atoms with E-state index in [1.165, 1.54) is 11.3 Å². The van der Waals surface area contributed by atoms with Gasteiger partial charge in [0.15, 0.2) is 6.29 Å². The number of carbonyl (C=O) groups excluding carboxylic acids is 2. The molecule has 1 aliphatic heterocycles. The van der Waals surface area contributed by atoms with Gasteiger partial charge < -0.3 is 5.32 Å². The summed E-state index contributed by atoms with van der Waals surface area (Å²) in [4.78, 5) is 22.2. The molecule has 1 aromatic heterocycles. The van der Waals surface area contributed by atoms with Crippen LogP contribution in [-0.2, 0) is 6.54 Å². The predicted molar refractivity (Wildman–Crippen MR) is 48.6 cm³/mol. The van der Waals surface area contributed by atoms with Gasteiger partial charge in [0.2, 0.25) is 0 Å². The zero-order chi connectivity index (χ0) is 8.72. The van der Waals surface area contributed by atoms with E-state index in [1.54, 1.807) is 0 Å². The summed E-state index contributed by atoms with van der Waals surface area (Å²) in [6, 6.07) is 0. The highest BCUT2D eigenvalue weighted by molar-refractivity contribution is 9.11. The molecule has 0 aliphatic carbocycles. The number of fused-ring (bicyclic) bond motifs is 1. The van der Waals surface area contributed by atoms with Crippen molar-refractivity contribution in [2.24, 2.45) is 0 Å². The van der Waals surface area contributed by atoms with E-state index in [9.17, 15) is 9.59 Å². The third-order valence-electron chi connectivity index (χ3n) is 1.74. The number of aldehydes is 1. The van der Waals surface area contributed by atoms with Crippen molar-refractivity contribution < 1.29 is 9.59 Å². The third-order valence-corrected chi connectivity index (χ3v) is 3.65. The van der Waals surface area contributed by atoms with E-state index in [2.05, 4.69) is 21.2 Å². The van der Waals surface area contributed by atoms with Gasteiger partial charge in [-0.05, 0) is 15.9 Å². The molecule has 1 N–H and O–H groups in total. The number of halogens is 1. The van der Waals surface area contributed by atoms with Crippen LogP contribution in [0.15, 0.2) is 3.79 Å². The fourth-order valence-corrected chi connectivity index (χ4v) is 2.92. The molecule has 0 aromatic carbocycles. The first-order valence-electron chi connectivity index (χ1n) is 3.28. The van der Waals surface area contributed by atoms with E-state index in [1.807, 2.05) is 0 Å². The Morgan fingerprint density at radius 2 is 2.33 bits per heavy atom. The van der Waals surface area contributed by atoms with Gasteiger partial charge in [0, 0.05) is 12.1 Å². The second-order valence-corrected chi connectivity index (χ2v) is 4.76. The highest BCUT2D eigenvalue weighted by Gasteiger charge is 2.27. The van der Waals surface area contributed by atoms with Crippen LogP contribution < -0.4 is 5.32 Å². The van der Waals surface area contributed by atoms with Crippen LogP contribution in [0.3, 0.4) is 0 Å². The lowest BCUT2D eigenvalue weighted by Crippen LogP contribution is -2.13. The molecule has 0 radical (unpaired) electrons. The Bertz CT molecular complexity index is 372. The van der Waals surface area contributed by atoms with Crippen molar-refractivity contribution in [1.82, 2.24) is 5.32 Å². The highest BCUT2D eigenvalue weighted by atomic mass is 79.9. The molecular formula is C7H4BrNO2S. The first-order valence-corrected chi connectivity index (χ1v) is 4.89. The topological polar surface area (TPSA) is 46.2 Å². The van der Waals surface area contributed by atoms with Gasteiger partial charge in [0.1, 0.15) is 0 Å². The van der Waals surface area contributed by atoms with Gasteiger partial charge in [-0.1, -0.05) is 0 Å². The number of rotatable bonds is 1. The van der Waals surface area contributed by atoms with Crippen LogP contribution in [-0.4, -0.2) is 12.2 Å². The van der Waals surface area contributed by atoms with E-state index in [4.69, 9.17) is 0 Å². The van der Waals surface area contributed by atoms with Gasteiger partial charge in [0.25, 0.3) is 5.91 Å². The number of carbonyl (C=O) groups is 2. The Hall–Kier alpha value is -0.680. The molecule has 0 fully saturated rings. The molecule has 2 heterocycles. The molecule has 0 saturated heterocycles. The lowest BCUT2D eigenvalue weighted by atomic mass is 10.2. The summed E-state index contributed by atoms with van der Waals surface area (Å²) < 4.78 is 0.873. The van der Waals surface area contributed by atoms with Crippen LogP contribution in [0.4, 0.5) is 0 Å². The van der Waals surface area contributed by atoms with Gasteiger partial charge in [-0.3, -0.25) is 9.59 Å². The Kier molecular flexibility index (Phi) is 1.77. The number of hydrogen-bond donors (Lipinski definition) is 1. The summed E-state index contributed by atoms with van der Waals surface area (Å²) in [6.45, 7) is 0.527. The first kappa shape index (κ1) is 7.94. The minimum absolute atomic E-state index is 0.144. The second-order valence-electron chi connectivity index (χ2n) is 2.39. The molecule has 1 aliphatic rings. The maximum absolute atomic E-state index is 11.2. The molecule has 0 bridgehead atoms. The number of hydrogen-bond acceptors (Lipinski definition) is 3. The van der Waals surface area contributed by atoms with Crippen LogP contribution in [0, 0.1) is 0 Å². The van der Waals surface area contributed by atoms with Crippen molar-refractivity contribution in [1.29, 1.82) is 0 Å². The molecule has 0 spiro atoms. The maximum Gasteiger partial charge on any atom is 0.253 e. The molecule has 2 rings (SSSR count). The molecule has 12 heavy (non-hydrogen) atoms. The lowest BCUT2D eigenvalue weighted by Gasteiger charge is -1.89. The maximum atomic E-state index is 11.2. The predicted octanol–water partition coefficient (Wildman–Crippen LogP) is 1.57. The van der Waals surface area contributed by atoms with E-state index in [-0.39, 0.29) is 5.91 Å². The van der Waals surface area contributed by atoms with Gasteiger partial charge in [-0.25, -0.2) is 0 Å². The summed E-state index contributed by atoms with van der Waals surface area (Å²) in [5, 5.41) is 2.66. The zero-order valence-corrected chi connectivity index (χ0v) is 8.29. The smallest absolute Gasteiger partial charge is 0.253 e. The van der Waals surface area contributed by atoms with E-state index >= 15 is 0 Å². The molecule has 3 nitrogen and oxygen atoms in total. The van der Waals surface area contributed by atoms with Gasteiger partial charge in [-0.15, -0.1) is 11.3 Å². The average Bonchev–Trinajstić information content (AvgIpc) is 2.56. The minimum Gasteiger partial charge on any atom is -0.348 e. The Morgan fingerprint density at radius 1 is 1.58 bits per heavy atom. The van der Waals surface area contributed by atoms with Gasteiger partial charge >= 0.3 is 0 Å². The van der Waals surface area contributed by atoms with Crippen molar-refractivity contribution in [2.75, 3.05) is 0 Å². The molecule has 1 aromatic rings. The Morgan fingerprint density at radius 3 is 3.00 bits per heavy atom. The molecule has 0 saturated carbocycles. The van der Waals surface area contributed by atoms with Crippen molar-refractivity contribution in [3.63, 3.8) is 0 Å². The quantitative estimate of drug-likeness (QED) is 0.764. The summed E-state index contributed by atoms with van der Waals surface area (Å²) in [6.07, 6.45) is 0.721. The molecule has 1 amide bonds. The largest absolute Gasteiger partial charge is 0.348 e. The van der Waals surface area contributed by atoms with Gasteiger partial charge in [-0.2, -0.15) is 0 Å². The van der Waals surface area contributed by atoms with Crippen molar-refractivity contribution in [3.05, 3.63) is 19.8 Å². The average molecular weight is 246 g/mol. The third kappa shape index (κ3) is 0.931. The molecule has 5 heteroatoms. The van der Waals surface area contributed by atoms with E-state index < -0.39 is 0 Å². The summed E-state index contributed by atoms with van der Waals surface area (Å²) >= 11 is 4.61. The molecule has 62 valence electrons. The van der Waals surface area contributed by atoms with Crippen LogP contribution >= 0.6 is 27.3 Å². The van der Waals surface area contributed by atoms with Crippen LogP contribution in [0.2, 0.25) is 0 Å². The van der Waals surface area contributed by atoms with Crippen molar-refractivity contribution in [3.8, 4) is 0 Å². The van der Waals surface area contributed by atoms with E-state index in [0.29, 0.717) is 17.0 Å². The fraction of sp³-hybridized carbons (Fsp3) is 0.143. The first-order chi connectivity index (χ1) is 5.74. The second kappa shape index (κ2) is 2.67. The van der Waals surface area contributed by atoms with Crippen LogP contribution in [0.1, 0.15) is 25.6 Å². The Balaban J connectivity index is 2.69. The van der Waals surface area contributed by atoms with Crippen molar-refractivity contribution >= 4 is 39.5 Å². The Labute approximate surface area is 80.9 Å². The lowest BCUT2D eigenvalue weighted by molar-refractivity contribution is 0.0961. The van der Waals surface area contributed by atoms with Crippen LogP contribution in [0.25, 0.3) is 0 Å². The summed E-state index contributed by atoms with van der Waals surface area (Å²) in [7, 11) is 0. The zero-order valence-electron chi connectivity index (χ0n) is 5.89. The molecular weight excluding hydrogens is 242 g/mol. The SMILES string of the molecule is O=Cc1sc(Br)c2c1C(=O)NC2. The number of thiophene rings is 1. The normalized spacial score (nSPS) is 14.2. The fourth-order valence-electron chi connectivity index (χ4n) is 1.20. The van der Waals surface area contributed by atoms with Crippen molar-refractivity contribution in [2.45, 2.75) is 6.54 Å². The summed E-state index contributed by atoms with van der Waals surface area (Å²) in [5.41, 5.74) is 1.45. The highest BCUT2D eigenvalue weighted by Crippen LogP contribution is 2.34. The number of amides is 1. The monoisotopic (exact) mass is 245 g/mol. The molecule has 0 unspecified atom stereocenters. The minimum atomic E-state index is -0.144. The van der Waals surface area contributed by atoms with Gasteiger partial charge in [0.05, 0.1) is 14.2 Å². The standard InChI is InChI=1S/C7H4BrNO2S/c8-6-3-1-9-7(11)5(3)4(2-10)12-6/h2H,1H2,(H,9,11). The molecule has 0 atom stereocenters. The van der Waals surface area contributed by atoms with E-state index in [0.717, 1.165) is 15.6 Å². The summed E-state index contributed by atoms with van der Waals surface area (Å²) in [5.74, 6) is -0.144. The number of nitrogens with one attached hydrogen (secondary N) is 1. The van der Waals surface area contributed by atoms with Crippen LogP contribution in [0.5, 0.6) is 0 Å².